The smallest absolute Gasteiger partial charge is 0.159 e. The van der Waals surface area contributed by atoms with Crippen molar-refractivity contribution in [2.24, 2.45) is 0 Å². The van der Waals surface area contributed by atoms with E-state index in [0.29, 0.717) is 11.1 Å². The molecule has 6 aromatic carbocycles. The first kappa shape index (κ1) is 22.1. The van der Waals surface area contributed by atoms with Gasteiger partial charge in [0.25, 0.3) is 0 Å². The largest absolute Gasteiger partial charge is 0.456 e. The maximum absolute atomic E-state index is 10.0. The van der Waals surface area contributed by atoms with Crippen molar-refractivity contribution in [2.45, 2.75) is 0 Å². The van der Waals surface area contributed by atoms with Crippen LogP contribution in [0.4, 0.5) is 0 Å². The summed E-state index contributed by atoms with van der Waals surface area (Å²) in [6.45, 7) is 0. The number of hydrogen-bond acceptors (Lipinski definition) is 3. The van der Waals surface area contributed by atoms with E-state index in [1.807, 2.05) is 30.3 Å². The normalized spacial score (nSPS) is 11.9. The van der Waals surface area contributed by atoms with Crippen LogP contribution in [0, 0.1) is 11.3 Å². The lowest BCUT2D eigenvalue weighted by Crippen LogP contribution is -1.94. The fourth-order valence-electron chi connectivity index (χ4n) is 6.47. The van der Waals surface area contributed by atoms with E-state index in [0.717, 1.165) is 66.1 Å². The lowest BCUT2D eigenvalue weighted by atomic mass is 9.96. The van der Waals surface area contributed by atoms with Crippen LogP contribution in [0.3, 0.4) is 0 Å². The van der Waals surface area contributed by atoms with Crippen molar-refractivity contribution in [2.75, 3.05) is 0 Å². The van der Waals surface area contributed by atoms with Crippen LogP contribution >= 0.6 is 0 Å². The fraction of sp³-hybridized carbons (Fsp3) is 0. The summed E-state index contributed by atoms with van der Waals surface area (Å²) >= 11 is 0. The van der Waals surface area contributed by atoms with E-state index in [1.165, 1.54) is 10.8 Å². The molecular formula is C37H20N2O2. The van der Waals surface area contributed by atoms with Crippen molar-refractivity contribution in [1.29, 1.82) is 5.26 Å². The van der Waals surface area contributed by atoms with Crippen LogP contribution in [-0.2, 0) is 0 Å². The van der Waals surface area contributed by atoms with Gasteiger partial charge in [0.15, 0.2) is 11.2 Å². The highest BCUT2D eigenvalue weighted by atomic mass is 16.3. The lowest BCUT2D eigenvalue weighted by Gasteiger charge is -2.08. The van der Waals surface area contributed by atoms with Gasteiger partial charge in [-0.15, -0.1) is 0 Å². The molecule has 190 valence electrons. The van der Waals surface area contributed by atoms with Crippen molar-refractivity contribution in [3.05, 3.63) is 127 Å². The minimum absolute atomic E-state index is 0.512. The second-order valence-corrected chi connectivity index (χ2v) is 10.4. The molecule has 3 heterocycles. The first-order valence-corrected chi connectivity index (χ1v) is 13.6. The first-order chi connectivity index (χ1) is 20.3. The highest BCUT2D eigenvalue weighted by molar-refractivity contribution is 6.17. The number of nitriles is 1. The minimum atomic E-state index is 0.512. The number of aromatic nitrogens is 1. The predicted octanol–water partition coefficient (Wildman–Crippen LogP) is 10.1. The Morgan fingerprint density at radius 1 is 0.537 bits per heavy atom. The Bertz CT molecular complexity index is 2500. The molecule has 0 saturated carbocycles. The number of furan rings is 2. The SMILES string of the molecule is N#Cc1ccc(-c2ccc3c(c2)oc2ccccc23)c2c1oc1c(-n3c4ccccc4c4ccccc43)cccc12. The lowest BCUT2D eigenvalue weighted by molar-refractivity contribution is 0.665. The van der Waals surface area contributed by atoms with Crippen molar-refractivity contribution in [3.63, 3.8) is 0 Å². The topological polar surface area (TPSA) is 55.0 Å². The predicted molar refractivity (Wildman–Crippen MR) is 165 cm³/mol. The van der Waals surface area contributed by atoms with E-state index in [4.69, 9.17) is 8.83 Å². The maximum Gasteiger partial charge on any atom is 0.159 e. The van der Waals surface area contributed by atoms with Crippen LogP contribution in [0.2, 0.25) is 0 Å². The Hall–Kier alpha value is -5.79. The van der Waals surface area contributed by atoms with E-state index in [9.17, 15) is 5.26 Å². The summed E-state index contributed by atoms with van der Waals surface area (Å²) in [5.74, 6) is 0. The number of nitrogens with zero attached hydrogens (tertiary/aromatic N) is 2. The molecule has 9 rings (SSSR count). The molecule has 3 aromatic heterocycles. The van der Waals surface area contributed by atoms with Gasteiger partial charge in [0.1, 0.15) is 17.2 Å². The molecule has 4 nitrogen and oxygen atoms in total. The number of rotatable bonds is 2. The van der Waals surface area contributed by atoms with Gasteiger partial charge in [-0.1, -0.05) is 78.9 Å². The zero-order chi connectivity index (χ0) is 27.1. The van der Waals surface area contributed by atoms with Gasteiger partial charge in [0, 0.05) is 32.3 Å². The third-order valence-electron chi connectivity index (χ3n) is 8.26. The molecule has 0 atom stereocenters. The molecule has 0 aliphatic heterocycles. The van der Waals surface area contributed by atoms with Crippen molar-refractivity contribution in [3.8, 4) is 22.9 Å². The first-order valence-electron chi connectivity index (χ1n) is 13.6. The van der Waals surface area contributed by atoms with Crippen LogP contribution in [0.15, 0.2) is 130 Å². The van der Waals surface area contributed by atoms with Crippen LogP contribution in [0.5, 0.6) is 0 Å². The highest BCUT2D eigenvalue weighted by Gasteiger charge is 2.21. The number of benzene rings is 6. The van der Waals surface area contributed by atoms with Gasteiger partial charge in [0.2, 0.25) is 0 Å². The number of para-hydroxylation sites is 4. The van der Waals surface area contributed by atoms with Gasteiger partial charge in [-0.25, -0.2) is 0 Å². The number of fused-ring (bicyclic) bond motifs is 9. The Morgan fingerprint density at radius 2 is 1.22 bits per heavy atom. The van der Waals surface area contributed by atoms with E-state index in [-0.39, 0.29) is 0 Å². The van der Waals surface area contributed by atoms with Gasteiger partial charge in [-0.3, -0.25) is 0 Å². The van der Waals surface area contributed by atoms with Gasteiger partial charge < -0.3 is 13.4 Å². The molecule has 0 aliphatic carbocycles. The summed E-state index contributed by atoms with van der Waals surface area (Å²) in [6.07, 6.45) is 0. The summed E-state index contributed by atoms with van der Waals surface area (Å²) in [7, 11) is 0. The molecule has 0 aliphatic rings. The van der Waals surface area contributed by atoms with Crippen LogP contribution in [-0.4, -0.2) is 4.57 Å². The summed E-state index contributed by atoms with van der Waals surface area (Å²) in [4.78, 5) is 0. The van der Waals surface area contributed by atoms with Crippen molar-refractivity contribution >= 4 is 65.7 Å². The third-order valence-corrected chi connectivity index (χ3v) is 8.26. The number of hydrogen-bond donors (Lipinski definition) is 0. The molecule has 0 amide bonds. The van der Waals surface area contributed by atoms with E-state index in [2.05, 4.69) is 102 Å². The average molecular weight is 525 g/mol. The summed E-state index contributed by atoms with van der Waals surface area (Å²) in [6, 6.07) is 43.8. The Kier molecular flexibility index (Phi) is 4.37. The second kappa shape index (κ2) is 8.11. The zero-order valence-corrected chi connectivity index (χ0v) is 21.8. The summed E-state index contributed by atoms with van der Waals surface area (Å²) in [5.41, 5.74) is 8.73. The third kappa shape index (κ3) is 2.98. The molecule has 0 spiro atoms. The van der Waals surface area contributed by atoms with E-state index < -0.39 is 0 Å². The van der Waals surface area contributed by atoms with E-state index >= 15 is 0 Å². The van der Waals surface area contributed by atoms with Crippen LogP contribution < -0.4 is 0 Å². The Balaban J connectivity index is 1.37. The Morgan fingerprint density at radius 3 is 2.00 bits per heavy atom. The van der Waals surface area contributed by atoms with Crippen LogP contribution in [0.25, 0.3) is 82.5 Å². The second-order valence-electron chi connectivity index (χ2n) is 10.4. The average Bonchev–Trinajstić information content (AvgIpc) is 3.70. The standard InChI is InChI=1S/C37H20N2O2/c38-21-23-17-18-24(22-16-19-28-27-10-3-6-15-33(27)40-34(28)20-22)35-29-11-7-14-32(37(29)41-36(23)35)39-30-12-4-1-8-25(30)26-9-2-5-13-31(26)39/h1-20H. The van der Waals surface area contributed by atoms with Gasteiger partial charge in [-0.2, -0.15) is 5.26 Å². The highest BCUT2D eigenvalue weighted by Crippen LogP contribution is 2.43. The van der Waals surface area contributed by atoms with E-state index in [1.54, 1.807) is 0 Å². The van der Waals surface area contributed by atoms with Gasteiger partial charge in [0.05, 0.1) is 22.3 Å². The zero-order valence-electron chi connectivity index (χ0n) is 21.8. The molecule has 0 bridgehead atoms. The monoisotopic (exact) mass is 524 g/mol. The molecule has 0 N–H and O–H groups in total. The Labute approximate surface area is 233 Å². The van der Waals surface area contributed by atoms with Gasteiger partial charge in [-0.05, 0) is 53.6 Å². The molecule has 41 heavy (non-hydrogen) atoms. The fourth-order valence-corrected chi connectivity index (χ4v) is 6.47. The van der Waals surface area contributed by atoms with Crippen molar-refractivity contribution in [1.82, 2.24) is 4.57 Å². The molecular weight excluding hydrogens is 504 g/mol. The van der Waals surface area contributed by atoms with Gasteiger partial charge >= 0.3 is 0 Å². The molecule has 0 radical (unpaired) electrons. The molecule has 0 fully saturated rings. The molecule has 0 saturated heterocycles. The summed E-state index contributed by atoms with van der Waals surface area (Å²) < 4.78 is 15.1. The molecule has 9 aromatic rings. The summed E-state index contributed by atoms with van der Waals surface area (Å²) in [5, 5.41) is 16.5. The van der Waals surface area contributed by atoms with Crippen LogP contribution in [0.1, 0.15) is 5.56 Å². The maximum atomic E-state index is 10.0. The molecule has 4 heteroatoms. The van der Waals surface area contributed by atoms with Crippen molar-refractivity contribution < 1.29 is 8.83 Å². The minimum Gasteiger partial charge on any atom is -0.456 e. The quantitative estimate of drug-likeness (QED) is 0.226. The molecule has 0 unspecified atom stereocenters.